The molecule has 144 valence electrons. The number of aromatic nitrogens is 1. The van der Waals surface area contributed by atoms with E-state index in [0.717, 1.165) is 42.5 Å². The van der Waals surface area contributed by atoms with E-state index < -0.39 is 17.6 Å². The van der Waals surface area contributed by atoms with Crippen molar-refractivity contribution in [2.45, 2.75) is 44.7 Å². The molecule has 1 amide bonds. The fourth-order valence-corrected chi connectivity index (χ4v) is 3.58. The van der Waals surface area contributed by atoms with E-state index in [-0.39, 0.29) is 11.8 Å². The van der Waals surface area contributed by atoms with Crippen LogP contribution in [0.3, 0.4) is 0 Å². The zero-order valence-electron chi connectivity index (χ0n) is 14.9. The lowest BCUT2D eigenvalue weighted by atomic mass is 9.90. The van der Waals surface area contributed by atoms with Gasteiger partial charge in [-0.15, -0.1) is 0 Å². The number of alkyl halides is 3. The molecule has 0 radical (unpaired) electrons. The summed E-state index contributed by atoms with van der Waals surface area (Å²) in [5, 5.41) is 2.84. The highest BCUT2D eigenvalue weighted by Crippen LogP contribution is 2.42. The third-order valence-corrected chi connectivity index (χ3v) is 4.83. The molecule has 1 aromatic heterocycles. The molecule has 1 aromatic carbocycles. The van der Waals surface area contributed by atoms with Crippen LogP contribution in [0.5, 0.6) is 0 Å². The first-order valence-corrected chi connectivity index (χ1v) is 8.91. The molecular formula is C20H20F4N2O. The van der Waals surface area contributed by atoms with Crippen molar-refractivity contribution in [3.8, 4) is 11.1 Å². The van der Waals surface area contributed by atoms with Crippen LogP contribution in [0, 0.1) is 5.82 Å². The number of carbonyl (C=O) groups is 1. The van der Waals surface area contributed by atoms with E-state index in [0.29, 0.717) is 24.1 Å². The second kappa shape index (κ2) is 7.66. The highest BCUT2D eigenvalue weighted by molar-refractivity contribution is 5.78. The standard InChI is InChI=1S/C20H20F4N2O/c1-2-7-26-18(27)9-13-3-4-14-10-25-11-15(19(13)14)12-5-6-16(17(21)8-12)20(22,23)24/h5-6,8,10-11,13H,2-4,7,9H2,1H3,(H,26,27). The maximum atomic E-state index is 14.0. The number of amides is 1. The number of nitrogens with zero attached hydrogens (tertiary/aromatic N) is 1. The number of pyridine rings is 1. The molecule has 1 aliphatic rings. The highest BCUT2D eigenvalue weighted by atomic mass is 19.4. The molecule has 1 heterocycles. The van der Waals surface area contributed by atoms with Crippen molar-refractivity contribution in [1.29, 1.82) is 0 Å². The predicted molar refractivity (Wildman–Crippen MR) is 93.6 cm³/mol. The van der Waals surface area contributed by atoms with Crippen LogP contribution in [-0.4, -0.2) is 17.4 Å². The van der Waals surface area contributed by atoms with Crippen molar-refractivity contribution in [3.63, 3.8) is 0 Å². The van der Waals surface area contributed by atoms with Crippen LogP contribution in [0.25, 0.3) is 11.1 Å². The van der Waals surface area contributed by atoms with Gasteiger partial charge in [0.05, 0.1) is 5.56 Å². The summed E-state index contributed by atoms with van der Waals surface area (Å²) < 4.78 is 52.5. The van der Waals surface area contributed by atoms with Gasteiger partial charge >= 0.3 is 6.18 Å². The maximum Gasteiger partial charge on any atom is 0.419 e. The van der Waals surface area contributed by atoms with Crippen molar-refractivity contribution in [3.05, 3.63) is 53.1 Å². The van der Waals surface area contributed by atoms with Crippen molar-refractivity contribution >= 4 is 5.91 Å². The molecule has 0 saturated carbocycles. The Bertz CT molecular complexity index is 848. The zero-order chi connectivity index (χ0) is 19.6. The minimum atomic E-state index is -4.74. The molecule has 0 bridgehead atoms. The number of nitrogens with one attached hydrogen (secondary N) is 1. The Balaban J connectivity index is 1.94. The van der Waals surface area contributed by atoms with Gasteiger partial charge in [-0.25, -0.2) is 4.39 Å². The highest BCUT2D eigenvalue weighted by Gasteiger charge is 2.34. The summed E-state index contributed by atoms with van der Waals surface area (Å²) >= 11 is 0. The zero-order valence-corrected chi connectivity index (χ0v) is 14.9. The van der Waals surface area contributed by atoms with Gasteiger partial charge in [0.2, 0.25) is 5.91 Å². The summed E-state index contributed by atoms with van der Waals surface area (Å²) in [6.45, 7) is 2.57. The number of benzene rings is 1. The van der Waals surface area contributed by atoms with Gasteiger partial charge in [-0.2, -0.15) is 13.2 Å². The van der Waals surface area contributed by atoms with Gasteiger partial charge in [-0.3, -0.25) is 9.78 Å². The molecule has 3 rings (SSSR count). The van der Waals surface area contributed by atoms with Crippen molar-refractivity contribution < 1.29 is 22.4 Å². The molecule has 1 atom stereocenters. The first-order valence-electron chi connectivity index (χ1n) is 8.91. The fourth-order valence-electron chi connectivity index (χ4n) is 3.58. The van der Waals surface area contributed by atoms with Crippen LogP contribution >= 0.6 is 0 Å². The van der Waals surface area contributed by atoms with Gasteiger partial charge in [0, 0.05) is 30.9 Å². The third kappa shape index (κ3) is 4.12. The SMILES string of the molecule is CCCNC(=O)CC1CCc2cncc(-c3ccc(C(F)(F)F)c(F)c3)c21. The van der Waals surface area contributed by atoms with Crippen LogP contribution in [-0.2, 0) is 17.4 Å². The molecule has 2 aromatic rings. The van der Waals surface area contributed by atoms with E-state index in [2.05, 4.69) is 10.3 Å². The van der Waals surface area contributed by atoms with E-state index in [4.69, 9.17) is 0 Å². The van der Waals surface area contributed by atoms with Gasteiger partial charge in [-0.1, -0.05) is 13.0 Å². The Kier molecular flexibility index (Phi) is 5.48. The molecule has 3 nitrogen and oxygen atoms in total. The third-order valence-electron chi connectivity index (χ3n) is 4.83. The molecule has 0 spiro atoms. The quantitative estimate of drug-likeness (QED) is 0.754. The van der Waals surface area contributed by atoms with Gasteiger partial charge in [0.15, 0.2) is 0 Å². The first kappa shape index (κ1) is 19.3. The lowest BCUT2D eigenvalue weighted by molar-refractivity contribution is -0.140. The van der Waals surface area contributed by atoms with Crippen LogP contribution in [0.1, 0.15) is 48.8 Å². The Morgan fingerprint density at radius 1 is 1.30 bits per heavy atom. The first-order chi connectivity index (χ1) is 12.8. The minimum Gasteiger partial charge on any atom is -0.356 e. The minimum absolute atomic E-state index is 0.0554. The number of fused-ring (bicyclic) bond motifs is 1. The second-order valence-electron chi connectivity index (χ2n) is 6.74. The topological polar surface area (TPSA) is 42.0 Å². The van der Waals surface area contributed by atoms with E-state index in [1.807, 2.05) is 6.92 Å². The van der Waals surface area contributed by atoms with E-state index in [1.165, 1.54) is 12.3 Å². The van der Waals surface area contributed by atoms with Crippen molar-refractivity contribution in [2.75, 3.05) is 6.54 Å². The number of halogens is 4. The van der Waals surface area contributed by atoms with Crippen LogP contribution in [0.15, 0.2) is 30.6 Å². The lowest BCUT2D eigenvalue weighted by Crippen LogP contribution is -2.25. The normalized spacial score (nSPS) is 16.3. The molecule has 0 fully saturated rings. The molecule has 1 unspecified atom stereocenters. The molecule has 1 N–H and O–H groups in total. The predicted octanol–water partition coefficient (Wildman–Crippen LogP) is 4.85. The summed E-state index contributed by atoms with van der Waals surface area (Å²) in [6.07, 6.45) is 1.15. The number of rotatable bonds is 5. The smallest absolute Gasteiger partial charge is 0.356 e. The van der Waals surface area contributed by atoms with Gasteiger partial charge in [0.25, 0.3) is 0 Å². The van der Waals surface area contributed by atoms with E-state index >= 15 is 0 Å². The molecular weight excluding hydrogens is 360 g/mol. The summed E-state index contributed by atoms with van der Waals surface area (Å²) in [6, 6.07) is 2.91. The number of carbonyl (C=O) groups excluding carboxylic acids is 1. The lowest BCUT2D eigenvalue weighted by Gasteiger charge is -2.17. The maximum absolute atomic E-state index is 14.0. The van der Waals surface area contributed by atoms with Gasteiger partial charge in [0.1, 0.15) is 5.82 Å². The Labute approximate surface area is 154 Å². The molecule has 1 aliphatic carbocycles. The molecule has 0 saturated heterocycles. The number of hydrogen-bond donors (Lipinski definition) is 1. The van der Waals surface area contributed by atoms with Gasteiger partial charge < -0.3 is 5.32 Å². The van der Waals surface area contributed by atoms with E-state index in [9.17, 15) is 22.4 Å². The average Bonchev–Trinajstić information content (AvgIpc) is 3.01. The summed E-state index contributed by atoms with van der Waals surface area (Å²) in [4.78, 5) is 16.3. The monoisotopic (exact) mass is 380 g/mol. The van der Waals surface area contributed by atoms with Crippen LogP contribution in [0.2, 0.25) is 0 Å². The summed E-state index contributed by atoms with van der Waals surface area (Å²) in [5.41, 5.74) is 1.48. The van der Waals surface area contributed by atoms with Crippen LogP contribution in [0.4, 0.5) is 17.6 Å². The largest absolute Gasteiger partial charge is 0.419 e. The summed E-state index contributed by atoms with van der Waals surface area (Å²) in [5.74, 6) is -1.43. The summed E-state index contributed by atoms with van der Waals surface area (Å²) in [7, 11) is 0. The van der Waals surface area contributed by atoms with Crippen molar-refractivity contribution in [1.82, 2.24) is 10.3 Å². The Morgan fingerprint density at radius 3 is 2.74 bits per heavy atom. The molecule has 27 heavy (non-hydrogen) atoms. The fraction of sp³-hybridized carbons (Fsp3) is 0.400. The second-order valence-corrected chi connectivity index (χ2v) is 6.74. The van der Waals surface area contributed by atoms with Gasteiger partial charge in [-0.05, 0) is 54.0 Å². The Morgan fingerprint density at radius 2 is 2.07 bits per heavy atom. The van der Waals surface area contributed by atoms with E-state index in [1.54, 1.807) is 6.20 Å². The average molecular weight is 380 g/mol. The molecule has 7 heteroatoms. The number of hydrogen-bond acceptors (Lipinski definition) is 2. The number of aryl methyl sites for hydroxylation is 1. The Hall–Kier alpha value is -2.44. The molecule has 0 aliphatic heterocycles. The van der Waals surface area contributed by atoms with Crippen LogP contribution < -0.4 is 5.32 Å². The van der Waals surface area contributed by atoms with Crippen molar-refractivity contribution in [2.24, 2.45) is 0 Å².